The molecule has 0 aromatic heterocycles. The summed E-state index contributed by atoms with van der Waals surface area (Å²) in [6.07, 6.45) is 4.64. The molecular formula is C34H45ClN2O2. The monoisotopic (exact) mass is 548 g/mol. The molecule has 1 saturated heterocycles. The maximum Gasteiger partial charge on any atom is 0.157 e. The van der Waals surface area contributed by atoms with E-state index in [1.807, 2.05) is 49.4 Å². The molecule has 39 heavy (non-hydrogen) atoms. The minimum Gasteiger partial charge on any atom is -0.486 e. The Morgan fingerprint density at radius 1 is 1.08 bits per heavy atom. The molecule has 0 saturated carbocycles. The highest BCUT2D eigenvalue weighted by Gasteiger charge is 2.23. The topological polar surface area (TPSA) is 53.3 Å². The zero-order valence-corrected chi connectivity index (χ0v) is 25.2. The lowest BCUT2D eigenvalue weighted by atomic mass is 9.91. The number of benzene rings is 3. The van der Waals surface area contributed by atoms with Crippen LogP contribution in [0, 0.1) is 37.0 Å². The molecular weight excluding hydrogens is 504 g/mol. The predicted molar refractivity (Wildman–Crippen MR) is 165 cm³/mol. The molecule has 2 atom stereocenters. The van der Waals surface area contributed by atoms with Gasteiger partial charge in [0.2, 0.25) is 0 Å². The molecule has 0 spiro atoms. The van der Waals surface area contributed by atoms with Gasteiger partial charge in [-0.1, -0.05) is 87.3 Å². The first-order chi connectivity index (χ1) is 18.7. The van der Waals surface area contributed by atoms with Crippen LogP contribution in [0.4, 0.5) is 0 Å². The molecule has 1 aliphatic rings. The second kappa shape index (κ2) is 19.9. The number of hydrogen-bond acceptors (Lipinski definition) is 4. The molecule has 1 aliphatic heterocycles. The smallest absolute Gasteiger partial charge is 0.157 e. The number of likely N-dealkylation sites (tertiary alicyclic amines) is 1. The highest BCUT2D eigenvalue weighted by molar-refractivity contribution is 6.31. The molecule has 0 N–H and O–H groups in total. The van der Waals surface area contributed by atoms with E-state index in [0.717, 1.165) is 35.9 Å². The van der Waals surface area contributed by atoms with Gasteiger partial charge in [0.05, 0.1) is 10.6 Å². The Kier molecular flexibility index (Phi) is 17.3. The second-order valence-corrected chi connectivity index (χ2v) is 10.3. The van der Waals surface area contributed by atoms with Crippen LogP contribution in [-0.2, 0) is 11.2 Å². The van der Waals surface area contributed by atoms with Crippen molar-refractivity contribution >= 4 is 17.9 Å². The lowest BCUT2D eigenvalue weighted by molar-refractivity contribution is -0.109. The number of hydrogen-bond donors (Lipinski definition) is 0. The molecule has 1 heterocycles. The number of nitrogens with zero attached hydrogens (tertiary/aromatic N) is 2. The number of carbonyl (C=O) groups is 1. The predicted octanol–water partition coefficient (Wildman–Crippen LogP) is 8.33. The van der Waals surface area contributed by atoms with E-state index in [-0.39, 0.29) is 6.61 Å². The van der Waals surface area contributed by atoms with E-state index in [0.29, 0.717) is 10.6 Å². The van der Waals surface area contributed by atoms with Gasteiger partial charge < -0.3 is 9.64 Å². The SMILES string of the molecule is CCC(C)C1CCN(C)C1.CCc1ccccc1C.Cc1ccc(C#N)c(Cl)c1.O=CCOc1ccccc1. The summed E-state index contributed by atoms with van der Waals surface area (Å²) in [6.45, 7) is 13.7. The van der Waals surface area contributed by atoms with Crippen LogP contribution in [0.3, 0.4) is 0 Å². The van der Waals surface area contributed by atoms with Gasteiger partial charge in [-0.2, -0.15) is 5.26 Å². The third-order valence-electron chi connectivity index (χ3n) is 6.82. The molecule has 4 rings (SSSR count). The van der Waals surface area contributed by atoms with E-state index in [2.05, 4.69) is 63.9 Å². The van der Waals surface area contributed by atoms with Crippen LogP contribution in [-0.4, -0.2) is 37.9 Å². The minimum atomic E-state index is 0.129. The minimum absolute atomic E-state index is 0.129. The average Bonchev–Trinajstić information content (AvgIpc) is 3.40. The molecule has 0 radical (unpaired) electrons. The average molecular weight is 549 g/mol. The first-order valence-corrected chi connectivity index (χ1v) is 14.1. The van der Waals surface area contributed by atoms with E-state index in [9.17, 15) is 4.79 Å². The summed E-state index contributed by atoms with van der Waals surface area (Å²) < 4.78 is 4.99. The summed E-state index contributed by atoms with van der Waals surface area (Å²) in [5.41, 5.74) is 4.47. The van der Waals surface area contributed by atoms with Gasteiger partial charge in [0.15, 0.2) is 6.29 Å². The summed E-state index contributed by atoms with van der Waals surface area (Å²) in [5, 5.41) is 9.00. The van der Waals surface area contributed by atoms with Crippen molar-refractivity contribution < 1.29 is 9.53 Å². The molecule has 210 valence electrons. The van der Waals surface area contributed by atoms with Crippen molar-refractivity contribution in [1.29, 1.82) is 5.26 Å². The fraction of sp³-hybridized carbons (Fsp3) is 0.412. The van der Waals surface area contributed by atoms with Crippen LogP contribution in [0.2, 0.25) is 5.02 Å². The number of aryl methyl sites for hydroxylation is 3. The Bertz CT molecular complexity index is 1130. The molecule has 3 aromatic rings. The van der Waals surface area contributed by atoms with Crippen molar-refractivity contribution in [3.05, 3.63) is 100 Å². The van der Waals surface area contributed by atoms with Gasteiger partial charge in [-0.15, -0.1) is 0 Å². The summed E-state index contributed by atoms with van der Waals surface area (Å²) in [4.78, 5) is 12.3. The van der Waals surface area contributed by atoms with E-state index < -0.39 is 0 Å². The lowest BCUT2D eigenvalue weighted by Gasteiger charge is -2.16. The molecule has 1 fully saturated rings. The Morgan fingerprint density at radius 3 is 2.23 bits per heavy atom. The standard InChI is InChI=1S/C9H19N.C9H12.C8H6ClN.C8H8O2/c1-4-8(2)9-5-6-10(3)7-9;1-3-9-7-5-4-6-8(9)2;1-6-2-3-7(5-10)8(9)4-6;9-6-7-10-8-4-2-1-3-5-8/h8-9H,4-7H2,1-3H3;4-7H,3H2,1-2H3;2-4H,1H3;1-6H,7H2. The highest BCUT2D eigenvalue weighted by Crippen LogP contribution is 2.24. The summed E-state index contributed by atoms with van der Waals surface area (Å²) in [6, 6.07) is 25.1. The third kappa shape index (κ3) is 14.0. The Balaban J connectivity index is 0.000000260. The largest absolute Gasteiger partial charge is 0.486 e. The van der Waals surface area contributed by atoms with Gasteiger partial charge in [-0.3, -0.25) is 4.79 Å². The highest BCUT2D eigenvalue weighted by atomic mass is 35.5. The Hall–Kier alpha value is -3.13. The summed E-state index contributed by atoms with van der Waals surface area (Å²) in [7, 11) is 2.22. The maximum atomic E-state index is 9.85. The van der Waals surface area contributed by atoms with Crippen LogP contribution in [0.1, 0.15) is 55.9 Å². The van der Waals surface area contributed by atoms with Gasteiger partial charge in [0.25, 0.3) is 0 Å². The van der Waals surface area contributed by atoms with Crippen LogP contribution in [0.15, 0.2) is 72.8 Å². The van der Waals surface area contributed by atoms with Crippen molar-refractivity contribution in [2.24, 2.45) is 11.8 Å². The molecule has 0 aliphatic carbocycles. The first-order valence-electron chi connectivity index (χ1n) is 13.8. The van der Waals surface area contributed by atoms with Gasteiger partial charge >= 0.3 is 0 Å². The molecule has 2 unspecified atom stereocenters. The zero-order chi connectivity index (χ0) is 29.0. The summed E-state index contributed by atoms with van der Waals surface area (Å²) >= 11 is 5.71. The number of carbonyl (C=O) groups excluding carboxylic acids is 1. The number of halogens is 1. The molecule has 5 heteroatoms. The Labute approximate surface area is 241 Å². The third-order valence-corrected chi connectivity index (χ3v) is 7.14. The molecule has 0 amide bonds. The van der Waals surface area contributed by atoms with Crippen LogP contribution in [0.5, 0.6) is 5.75 Å². The van der Waals surface area contributed by atoms with E-state index in [4.69, 9.17) is 21.6 Å². The Morgan fingerprint density at radius 2 is 1.74 bits per heavy atom. The number of ether oxygens (including phenoxy) is 1. The van der Waals surface area contributed by atoms with Crippen LogP contribution in [0.25, 0.3) is 0 Å². The van der Waals surface area contributed by atoms with Crippen LogP contribution >= 0.6 is 11.6 Å². The summed E-state index contributed by atoms with van der Waals surface area (Å²) in [5.74, 6) is 2.65. The quantitative estimate of drug-likeness (QED) is 0.290. The van der Waals surface area contributed by atoms with Gasteiger partial charge in [-0.25, -0.2) is 0 Å². The lowest BCUT2D eigenvalue weighted by Crippen LogP contribution is -2.17. The fourth-order valence-electron chi connectivity index (χ4n) is 4.13. The number of para-hydroxylation sites is 1. The van der Waals surface area contributed by atoms with E-state index >= 15 is 0 Å². The first kappa shape index (κ1) is 33.9. The van der Waals surface area contributed by atoms with Crippen molar-refractivity contribution in [2.75, 3.05) is 26.7 Å². The van der Waals surface area contributed by atoms with Gasteiger partial charge in [0.1, 0.15) is 18.4 Å². The van der Waals surface area contributed by atoms with Crippen LogP contribution < -0.4 is 4.74 Å². The van der Waals surface area contributed by atoms with Gasteiger partial charge in [0, 0.05) is 6.54 Å². The van der Waals surface area contributed by atoms with Gasteiger partial charge in [-0.05, 0) is 93.1 Å². The van der Waals surface area contributed by atoms with Crippen molar-refractivity contribution in [3.8, 4) is 11.8 Å². The second-order valence-electron chi connectivity index (χ2n) is 9.86. The number of nitriles is 1. The van der Waals surface area contributed by atoms with E-state index in [1.165, 1.54) is 37.1 Å². The number of rotatable bonds is 6. The van der Waals surface area contributed by atoms with Crippen molar-refractivity contribution in [3.63, 3.8) is 0 Å². The normalized spacial score (nSPS) is 14.7. The fourth-order valence-corrected chi connectivity index (χ4v) is 4.41. The molecule has 4 nitrogen and oxygen atoms in total. The maximum absolute atomic E-state index is 9.85. The number of aldehydes is 1. The van der Waals surface area contributed by atoms with Crippen molar-refractivity contribution in [1.82, 2.24) is 4.90 Å². The molecule has 0 bridgehead atoms. The molecule has 3 aromatic carbocycles. The van der Waals surface area contributed by atoms with Crippen molar-refractivity contribution in [2.45, 2.75) is 53.9 Å². The zero-order valence-electron chi connectivity index (χ0n) is 24.5. The van der Waals surface area contributed by atoms with E-state index in [1.54, 1.807) is 12.1 Å².